The van der Waals surface area contributed by atoms with Crippen LogP contribution >= 0.6 is 0 Å². The second-order valence-electron chi connectivity index (χ2n) is 6.94. The molecule has 3 aromatic rings. The minimum atomic E-state index is -4.54. The quantitative estimate of drug-likeness (QED) is 0.593. The summed E-state index contributed by atoms with van der Waals surface area (Å²) in [6.07, 6.45) is -3.22. The summed E-state index contributed by atoms with van der Waals surface area (Å²) in [5.74, 6) is -1.41. The van der Waals surface area contributed by atoms with Gasteiger partial charge in [0.05, 0.1) is 17.3 Å². The first-order valence-electron chi connectivity index (χ1n) is 9.37. The molecule has 0 saturated carbocycles. The predicted octanol–water partition coefficient (Wildman–Crippen LogP) is 4.09. The highest BCUT2D eigenvalue weighted by atomic mass is 19.4. The molecule has 1 aromatic heterocycles. The van der Waals surface area contributed by atoms with E-state index in [2.05, 4.69) is 15.6 Å². The number of nitrogens with one attached hydrogen (secondary N) is 2. The van der Waals surface area contributed by atoms with Crippen LogP contribution in [0.1, 0.15) is 33.2 Å². The highest BCUT2D eigenvalue weighted by Gasteiger charge is 2.31. The first-order valence-corrected chi connectivity index (χ1v) is 9.37. The molecule has 1 aliphatic heterocycles. The lowest BCUT2D eigenvalue weighted by molar-refractivity contribution is -0.137. The van der Waals surface area contributed by atoms with E-state index in [0.717, 1.165) is 30.3 Å². The van der Waals surface area contributed by atoms with E-state index in [0.29, 0.717) is 5.69 Å². The van der Waals surface area contributed by atoms with E-state index in [-0.39, 0.29) is 35.1 Å². The number of halogens is 4. The Balaban J connectivity index is 1.66. The maximum Gasteiger partial charge on any atom is 0.416 e. The zero-order chi connectivity index (χ0) is 22.9. The maximum atomic E-state index is 14.5. The Kier molecular flexibility index (Phi) is 5.52. The first-order chi connectivity index (χ1) is 15.2. The third-order valence-electron chi connectivity index (χ3n) is 4.78. The zero-order valence-electron chi connectivity index (χ0n) is 16.2. The first kappa shape index (κ1) is 21.3. The monoisotopic (exact) mass is 445 g/mol. The van der Waals surface area contributed by atoms with Gasteiger partial charge >= 0.3 is 6.18 Å². The van der Waals surface area contributed by atoms with Crippen LogP contribution in [0.4, 0.5) is 23.2 Å². The van der Waals surface area contributed by atoms with Gasteiger partial charge in [-0.3, -0.25) is 14.6 Å². The number of fused-ring (bicyclic) bond motifs is 1. The number of alkyl halides is 3. The molecule has 0 radical (unpaired) electrons. The lowest BCUT2D eigenvalue weighted by atomic mass is 10.00. The molecule has 2 heterocycles. The van der Waals surface area contributed by atoms with E-state index in [4.69, 9.17) is 4.74 Å². The van der Waals surface area contributed by atoms with Gasteiger partial charge in [0.15, 0.2) is 6.61 Å². The van der Waals surface area contributed by atoms with E-state index in [9.17, 15) is 27.2 Å². The lowest BCUT2D eigenvalue weighted by Gasteiger charge is -2.21. The van der Waals surface area contributed by atoms with Crippen molar-refractivity contribution < 1.29 is 31.9 Å². The molecule has 1 atom stereocenters. The molecule has 0 unspecified atom stereocenters. The van der Waals surface area contributed by atoms with Crippen LogP contribution in [0.15, 0.2) is 60.8 Å². The van der Waals surface area contributed by atoms with Crippen molar-refractivity contribution in [3.8, 4) is 5.75 Å². The van der Waals surface area contributed by atoms with E-state index in [1.807, 2.05) is 0 Å². The van der Waals surface area contributed by atoms with E-state index < -0.39 is 29.5 Å². The van der Waals surface area contributed by atoms with Crippen LogP contribution in [0.3, 0.4) is 0 Å². The predicted molar refractivity (Wildman–Crippen MR) is 106 cm³/mol. The number of hydrogen-bond acceptors (Lipinski definition) is 4. The van der Waals surface area contributed by atoms with Crippen molar-refractivity contribution in [2.24, 2.45) is 0 Å². The molecule has 32 heavy (non-hydrogen) atoms. The highest BCUT2D eigenvalue weighted by molar-refractivity contribution is 5.99. The summed E-state index contributed by atoms with van der Waals surface area (Å²) in [4.78, 5) is 28.3. The van der Waals surface area contributed by atoms with Gasteiger partial charge in [-0.05, 0) is 48.0 Å². The minimum Gasteiger partial charge on any atom is -0.482 e. The highest BCUT2D eigenvalue weighted by Crippen LogP contribution is 2.32. The molecule has 0 spiro atoms. The molecular weight excluding hydrogens is 430 g/mol. The van der Waals surface area contributed by atoms with Crippen LogP contribution in [-0.4, -0.2) is 23.4 Å². The standard InChI is InChI=1S/C22H15F4N3O3/c23-15-2-1-9-27-20(15)19(12-3-6-14(7-4-12)22(24,25)26)29-21(31)13-5-8-16-17(10-13)32-11-18(30)28-16/h1-10,19H,11H2,(H,28,30)(H,29,31)/t19-/m0/s1. The van der Waals surface area contributed by atoms with Gasteiger partial charge in [0.2, 0.25) is 0 Å². The van der Waals surface area contributed by atoms with E-state index in [1.165, 1.54) is 30.5 Å². The van der Waals surface area contributed by atoms with Crippen molar-refractivity contribution in [1.29, 1.82) is 0 Å². The summed E-state index contributed by atoms with van der Waals surface area (Å²) in [6, 6.07) is 9.69. The van der Waals surface area contributed by atoms with E-state index >= 15 is 0 Å². The Labute approximate surface area is 179 Å². The fourth-order valence-corrected chi connectivity index (χ4v) is 3.21. The van der Waals surface area contributed by atoms with Crippen molar-refractivity contribution in [2.75, 3.05) is 11.9 Å². The SMILES string of the molecule is O=C1COc2cc(C(=O)N[C@@H](c3ccc(C(F)(F)F)cc3)c3ncccc3F)ccc2N1. The molecule has 0 saturated heterocycles. The van der Waals surface area contributed by atoms with Crippen molar-refractivity contribution >= 4 is 17.5 Å². The summed E-state index contributed by atoms with van der Waals surface area (Å²) < 4.78 is 58.5. The third kappa shape index (κ3) is 4.39. The number of benzene rings is 2. The Morgan fingerprint density at radius 2 is 1.88 bits per heavy atom. The average Bonchev–Trinajstić information content (AvgIpc) is 2.77. The number of anilines is 1. The van der Waals surface area contributed by atoms with Crippen LogP contribution in [0.2, 0.25) is 0 Å². The van der Waals surface area contributed by atoms with Gasteiger partial charge in [-0.25, -0.2) is 4.39 Å². The fourth-order valence-electron chi connectivity index (χ4n) is 3.21. The molecule has 0 bridgehead atoms. The van der Waals surface area contributed by atoms with Crippen molar-refractivity contribution in [3.63, 3.8) is 0 Å². The average molecular weight is 445 g/mol. The van der Waals surface area contributed by atoms with Gasteiger partial charge in [0.25, 0.3) is 11.8 Å². The Bertz CT molecular complexity index is 1180. The smallest absolute Gasteiger partial charge is 0.416 e. The Morgan fingerprint density at radius 3 is 2.56 bits per heavy atom. The number of nitrogens with zero attached hydrogens (tertiary/aromatic N) is 1. The molecule has 0 aliphatic carbocycles. The van der Waals surface area contributed by atoms with Gasteiger partial charge < -0.3 is 15.4 Å². The van der Waals surface area contributed by atoms with Crippen LogP contribution < -0.4 is 15.4 Å². The summed E-state index contributed by atoms with van der Waals surface area (Å²) in [6.45, 7) is -0.203. The molecule has 4 rings (SSSR count). The number of pyridine rings is 1. The van der Waals surface area contributed by atoms with Gasteiger partial charge in [0, 0.05) is 11.8 Å². The molecule has 10 heteroatoms. The van der Waals surface area contributed by atoms with Gasteiger partial charge in [-0.15, -0.1) is 0 Å². The van der Waals surface area contributed by atoms with Crippen LogP contribution in [0.25, 0.3) is 0 Å². The van der Waals surface area contributed by atoms with Crippen LogP contribution in [0.5, 0.6) is 5.75 Å². The second-order valence-corrected chi connectivity index (χ2v) is 6.94. The molecule has 2 N–H and O–H groups in total. The number of aromatic nitrogens is 1. The molecule has 1 aliphatic rings. The topological polar surface area (TPSA) is 80.3 Å². The Morgan fingerprint density at radius 1 is 1.12 bits per heavy atom. The minimum absolute atomic E-state index is 0.146. The van der Waals surface area contributed by atoms with Crippen molar-refractivity contribution in [1.82, 2.24) is 10.3 Å². The number of amides is 2. The number of carbonyl (C=O) groups excluding carboxylic acids is 2. The molecule has 2 amide bonds. The summed E-state index contributed by atoms with van der Waals surface area (Å²) >= 11 is 0. The number of hydrogen-bond donors (Lipinski definition) is 2. The molecule has 2 aromatic carbocycles. The normalized spacial score (nSPS) is 14.1. The number of rotatable bonds is 4. The molecule has 164 valence electrons. The third-order valence-corrected chi connectivity index (χ3v) is 4.78. The number of carbonyl (C=O) groups is 2. The van der Waals surface area contributed by atoms with Crippen LogP contribution in [-0.2, 0) is 11.0 Å². The largest absolute Gasteiger partial charge is 0.482 e. The zero-order valence-corrected chi connectivity index (χ0v) is 16.2. The Hall–Kier alpha value is -3.95. The van der Waals surface area contributed by atoms with Gasteiger partial charge in [0.1, 0.15) is 17.3 Å². The molecule has 6 nitrogen and oxygen atoms in total. The van der Waals surface area contributed by atoms with Crippen molar-refractivity contribution in [3.05, 3.63) is 89.0 Å². The molecule has 0 fully saturated rings. The van der Waals surface area contributed by atoms with Crippen molar-refractivity contribution in [2.45, 2.75) is 12.2 Å². The summed E-state index contributed by atoms with van der Waals surface area (Å²) in [5.41, 5.74) is -0.268. The fraction of sp³-hybridized carbons (Fsp3) is 0.136. The number of ether oxygens (including phenoxy) is 1. The molecular formula is C22H15F4N3O3. The lowest BCUT2D eigenvalue weighted by Crippen LogP contribution is -2.31. The van der Waals surface area contributed by atoms with E-state index in [1.54, 1.807) is 0 Å². The van der Waals surface area contributed by atoms with Gasteiger partial charge in [-0.2, -0.15) is 13.2 Å². The van der Waals surface area contributed by atoms with Crippen LogP contribution in [0, 0.1) is 5.82 Å². The maximum absolute atomic E-state index is 14.5. The summed E-state index contributed by atoms with van der Waals surface area (Å²) in [7, 11) is 0. The second kappa shape index (κ2) is 8.29. The van der Waals surface area contributed by atoms with Gasteiger partial charge in [-0.1, -0.05) is 12.1 Å². The summed E-state index contributed by atoms with van der Waals surface area (Å²) in [5, 5.41) is 5.21.